The van der Waals surface area contributed by atoms with Gasteiger partial charge >= 0.3 is 5.97 Å². The number of unbranched alkanes of at least 4 members (excludes halogenated alkanes) is 2. The van der Waals surface area contributed by atoms with E-state index in [-0.39, 0.29) is 25.4 Å². The Morgan fingerprint density at radius 1 is 1.21 bits per heavy atom. The Labute approximate surface area is 195 Å². The molecule has 0 radical (unpaired) electrons. The molecule has 4 aliphatic rings. The van der Waals surface area contributed by atoms with Crippen molar-refractivity contribution in [2.24, 2.45) is 29.1 Å². The maximum absolute atomic E-state index is 13.0. The van der Waals surface area contributed by atoms with Gasteiger partial charge in [0.25, 0.3) is 0 Å². The fraction of sp³-hybridized carbons (Fsp3) is 0.769. The molecule has 0 aromatic rings. The summed E-state index contributed by atoms with van der Waals surface area (Å²) < 4.78 is 6.04. The molecule has 2 saturated carbocycles. The van der Waals surface area contributed by atoms with Crippen LogP contribution in [0.15, 0.2) is 23.3 Å². The van der Waals surface area contributed by atoms with Gasteiger partial charge in [0.05, 0.1) is 18.3 Å². The summed E-state index contributed by atoms with van der Waals surface area (Å²) >= 11 is 0. The van der Waals surface area contributed by atoms with Crippen molar-refractivity contribution in [2.45, 2.75) is 89.6 Å². The highest BCUT2D eigenvalue weighted by Crippen LogP contribution is 2.76. The van der Waals surface area contributed by atoms with Crippen LogP contribution in [-0.4, -0.2) is 61.7 Å². The van der Waals surface area contributed by atoms with E-state index >= 15 is 0 Å². The van der Waals surface area contributed by atoms with Crippen LogP contribution in [0, 0.1) is 29.1 Å². The first-order valence-corrected chi connectivity index (χ1v) is 12.2. The third-order valence-corrected chi connectivity index (χ3v) is 9.26. The van der Waals surface area contributed by atoms with E-state index in [4.69, 9.17) is 4.74 Å². The van der Waals surface area contributed by atoms with Crippen LogP contribution < -0.4 is 0 Å². The number of carbonyl (C=O) groups is 2. The minimum absolute atomic E-state index is 0.0839. The van der Waals surface area contributed by atoms with Gasteiger partial charge in [0.2, 0.25) is 0 Å². The molecule has 4 N–H and O–H groups in total. The summed E-state index contributed by atoms with van der Waals surface area (Å²) in [6, 6.07) is 0. The van der Waals surface area contributed by atoms with Gasteiger partial charge in [-0.25, -0.2) is 0 Å². The number of Topliss-reactive ketones (excluding diaryl/α,β-unsaturated/α-hetero) is 1. The highest BCUT2D eigenvalue weighted by atomic mass is 16.6. The lowest BCUT2D eigenvalue weighted by Crippen LogP contribution is -2.65. The number of hydrogen-bond acceptors (Lipinski definition) is 7. The maximum Gasteiger partial charge on any atom is 0.306 e. The Balaban J connectivity index is 1.79. The zero-order chi connectivity index (χ0) is 24.6. The molecule has 0 unspecified atom stereocenters. The Bertz CT molecular complexity index is 920. The first-order chi connectivity index (χ1) is 15.3. The first-order valence-electron chi connectivity index (χ1n) is 12.2. The van der Waals surface area contributed by atoms with Crippen LogP contribution in [0.5, 0.6) is 0 Å². The molecule has 7 nitrogen and oxygen atoms in total. The molecule has 0 spiro atoms. The molecule has 2 fully saturated rings. The second-order valence-corrected chi connectivity index (χ2v) is 11.3. The van der Waals surface area contributed by atoms with Crippen molar-refractivity contribution in [3.05, 3.63) is 23.3 Å². The van der Waals surface area contributed by atoms with Crippen molar-refractivity contribution in [1.82, 2.24) is 0 Å². The molecule has 8 atom stereocenters. The summed E-state index contributed by atoms with van der Waals surface area (Å²) in [5, 5.41) is 45.4. The Morgan fingerprint density at radius 3 is 2.48 bits per heavy atom. The summed E-state index contributed by atoms with van der Waals surface area (Å²) in [7, 11) is 0. The minimum atomic E-state index is -1.88. The van der Waals surface area contributed by atoms with Gasteiger partial charge in [0, 0.05) is 41.9 Å². The van der Waals surface area contributed by atoms with Crippen molar-refractivity contribution in [2.75, 3.05) is 6.61 Å². The first kappa shape index (κ1) is 24.6. The average molecular weight is 463 g/mol. The normalized spacial score (nSPS) is 45.2. The summed E-state index contributed by atoms with van der Waals surface area (Å²) in [6.45, 7) is 8.84. The van der Waals surface area contributed by atoms with Crippen LogP contribution in [0.4, 0.5) is 0 Å². The van der Waals surface area contributed by atoms with Gasteiger partial charge in [-0.3, -0.25) is 9.59 Å². The number of hydrogen-bond donors (Lipinski definition) is 4. The van der Waals surface area contributed by atoms with Crippen molar-refractivity contribution in [1.29, 1.82) is 0 Å². The van der Waals surface area contributed by atoms with Crippen molar-refractivity contribution in [3.63, 3.8) is 0 Å². The topological polar surface area (TPSA) is 124 Å². The predicted molar refractivity (Wildman–Crippen MR) is 121 cm³/mol. The molecule has 0 aromatic heterocycles. The zero-order valence-corrected chi connectivity index (χ0v) is 20.3. The second kappa shape index (κ2) is 7.74. The predicted octanol–water partition coefficient (Wildman–Crippen LogP) is 2.06. The SMILES string of the molecule is CCCCCC(=O)O[C@@]12[C@H](O)[C@@H](C)[C@@]3(O)[C@@H](C=C(CO)C[C@]4(O)C(=O)C(C)=C[C@@H]34)[C@H]1C2(C)C. The number of rotatable bonds is 6. The molecule has 7 heteroatoms. The van der Waals surface area contributed by atoms with Crippen LogP contribution in [-0.2, 0) is 14.3 Å². The van der Waals surface area contributed by atoms with Crippen LogP contribution in [0.1, 0.15) is 66.7 Å². The largest absolute Gasteiger partial charge is 0.455 e. The maximum atomic E-state index is 13.0. The summed E-state index contributed by atoms with van der Waals surface area (Å²) in [4.78, 5) is 25.7. The van der Waals surface area contributed by atoms with Gasteiger partial charge in [-0.15, -0.1) is 0 Å². The Hall–Kier alpha value is -1.54. The molecule has 0 heterocycles. The number of aliphatic hydroxyl groups excluding tert-OH is 2. The van der Waals surface area contributed by atoms with E-state index in [1.807, 2.05) is 13.8 Å². The van der Waals surface area contributed by atoms with E-state index in [0.29, 0.717) is 17.6 Å². The highest BCUT2D eigenvalue weighted by molar-refractivity contribution is 6.04. The Morgan fingerprint density at radius 2 is 1.88 bits per heavy atom. The number of esters is 1. The van der Waals surface area contributed by atoms with Crippen LogP contribution in [0.3, 0.4) is 0 Å². The molecule has 4 rings (SSSR count). The van der Waals surface area contributed by atoms with Gasteiger partial charge in [0.1, 0.15) is 11.2 Å². The van der Waals surface area contributed by atoms with Gasteiger partial charge in [0.15, 0.2) is 5.78 Å². The standard InChI is InChI=1S/C26H38O7/c1-6-7-8-9-19(28)33-26-20(23(26,4)5)17-11-16(13-27)12-24(31)18(10-14(2)21(24)29)25(17,32)15(3)22(26)30/h10-11,15,17-18,20,22,27,30-32H,6-9,12-13H2,1-5H3/t15-,17+,18-,20+,22-,24-,25-,26-/m1/s1. The van der Waals surface area contributed by atoms with E-state index in [0.717, 1.165) is 12.8 Å². The number of aliphatic hydroxyl groups is 4. The second-order valence-electron chi connectivity index (χ2n) is 11.3. The third-order valence-electron chi connectivity index (χ3n) is 9.26. The number of carbonyl (C=O) groups excluding carboxylic acids is 2. The number of ether oxygens (including phenoxy) is 1. The quantitative estimate of drug-likeness (QED) is 0.271. The molecular weight excluding hydrogens is 424 g/mol. The molecule has 33 heavy (non-hydrogen) atoms. The van der Waals surface area contributed by atoms with Gasteiger partial charge < -0.3 is 25.2 Å². The van der Waals surface area contributed by atoms with Crippen LogP contribution in [0.25, 0.3) is 0 Å². The van der Waals surface area contributed by atoms with Crippen LogP contribution in [0.2, 0.25) is 0 Å². The smallest absolute Gasteiger partial charge is 0.306 e. The van der Waals surface area contributed by atoms with Crippen LogP contribution >= 0.6 is 0 Å². The molecule has 4 aliphatic carbocycles. The zero-order valence-electron chi connectivity index (χ0n) is 20.3. The lowest BCUT2D eigenvalue weighted by Gasteiger charge is -2.52. The lowest BCUT2D eigenvalue weighted by molar-refractivity contribution is -0.219. The van der Waals surface area contributed by atoms with Crippen molar-refractivity contribution < 1.29 is 34.8 Å². The van der Waals surface area contributed by atoms with E-state index in [9.17, 15) is 30.0 Å². The molecule has 184 valence electrons. The van der Waals surface area contributed by atoms with E-state index in [1.54, 1.807) is 26.0 Å². The lowest BCUT2D eigenvalue weighted by atomic mass is 9.59. The molecule has 0 aliphatic heterocycles. The van der Waals surface area contributed by atoms with E-state index < -0.39 is 57.8 Å². The molecular formula is C26H38O7. The molecule has 0 aromatic carbocycles. The summed E-state index contributed by atoms with van der Waals surface area (Å²) in [6.07, 6.45) is 4.99. The minimum Gasteiger partial charge on any atom is -0.455 e. The highest BCUT2D eigenvalue weighted by Gasteiger charge is 2.86. The van der Waals surface area contributed by atoms with Gasteiger partial charge in [-0.2, -0.15) is 0 Å². The average Bonchev–Trinajstić information content (AvgIpc) is 3.18. The summed E-state index contributed by atoms with van der Waals surface area (Å²) in [5.41, 5.74) is -4.52. The van der Waals surface area contributed by atoms with Gasteiger partial charge in [-0.05, 0) is 24.5 Å². The van der Waals surface area contributed by atoms with E-state index in [2.05, 4.69) is 6.92 Å². The monoisotopic (exact) mass is 462 g/mol. The fourth-order valence-electron chi connectivity index (χ4n) is 7.43. The fourth-order valence-corrected chi connectivity index (χ4v) is 7.43. The van der Waals surface area contributed by atoms with E-state index in [1.165, 1.54) is 0 Å². The molecule has 0 bridgehead atoms. The molecule has 0 saturated heterocycles. The molecule has 0 amide bonds. The van der Waals surface area contributed by atoms with Crippen molar-refractivity contribution >= 4 is 11.8 Å². The Kier molecular flexibility index (Phi) is 5.76. The van der Waals surface area contributed by atoms with Gasteiger partial charge in [-0.1, -0.05) is 52.7 Å². The number of ketones is 1. The number of fused-ring (bicyclic) bond motifs is 5. The van der Waals surface area contributed by atoms with Crippen molar-refractivity contribution in [3.8, 4) is 0 Å². The summed E-state index contributed by atoms with van der Waals surface area (Å²) in [5.74, 6) is -3.61. The third kappa shape index (κ3) is 3.01.